The molecule has 4 rings (SSSR count). The molecule has 1 aliphatic heterocycles. The van der Waals surface area contributed by atoms with E-state index >= 15 is 0 Å². The normalized spacial score (nSPS) is 17.1. The fourth-order valence-corrected chi connectivity index (χ4v) is 5.08. The number of carbonyl (C=O) groups excluding carboxylic acids is 3. The standard InChI is InChI=1S/C25H21ClN2O6S/c1-12-11-15(7-10-17(12)33-3)20(29)18-19(14-5-8-16(26)9-6-14)28(23(31)21(18)30)25-27-13(2)22(35-25)24(32)34-4/h5-11,19,29H,1-4H3. The van der Waals surface area contributed by atoms with Gasteiger partial charge in [0, 0.05) is 10.6 Å². The van der Waals surface area contributed by atoms with Crippen LogP contribution in [0.1, 0.15) is 38.1 Å². The first-order valence-corrected chi connectivity index (χ1v) is 11.6. The molecule has 1 saturated heterocycles. The van der Waals surface area contributed by atoms with E-state index in [9.17, 15) is 19.5 Å². The summed E-state index contributed by atoms with van der Waals surface area (Å²) in [7, 11) is 2.78. The van der Waals surface area contributed by atoms with Gasteiger partial charge >= 0.3 is 11.9 Å². The SMILES string of the molecule is COC(=O)c1sc(N2C(=O)C(=O)C(=C(O)c3ccc(OC)c(C)c3)C2c2ccc(Cl)cc2)nc1C. The highest BCUT2D eigenvalue weighted by Crippen LogP contribution is 2.44. The van der Waals surface area contributed by atoms with Crippen molar-refractivity contribution < 1.29 is 29.0 Å². The van der Waals surface area contributed by atoms with E-state index in [4.69, 9.17) is 21.1 Å². The topological polar surface area (TPSA) is 106 Å². The number of benzene rings is 2. The zero-order chi connectivity index (χ0) is 25.4. The third-order valence-electron chi connectivity index (χ3n) is 5.66. The van der Waals surface area contributed by atoms with E-state index in [2.05, 4.69) is 4.98 Å². The van der Waals surface area contributed by atoms with Crippen molar-refractivity contribution in [2.75, 3.05) is 19.1 Å². The van der Waals surface area contributed by atoms with Crippen LogP contribution in [0.25, 0.3) is 5.76 Å². The van der Waals surface area contributed by atoms with Gasteiger partial charge in [-0.15, -0.1) is 0 Å². The Balaban J connectivity index is 1.93. The average Bonchev–Trinajstić information content (AvgIpc) is 3.35. The number of aryl methyl sites for hydroxylation is 2. The maximum Gasteiger partial charge on any atom is 0.350 e. The predicted molar refractivity (Wildman–Crippen MR) is 132 cm³/mol. The van der Waals surface area contributed by atoms with Gasteiger partial charge in [-0.05, 0) is 55.3 Å². The smallest absolute Gasteiger partial charge is 0.350 e. The summed E-state index contributed by atoms with van der Waals surface area (Å²) in [5.74, 6) is -2.06. The van der Waals surface area contributed by atoms with E-state index in [-0.39, 0.29) is 21.3 Å². The first kappa shape index (κ1) is 24.4. The molecule has 8 nitrogen and oxygen atoms in total. The molecular weight excluding hydrogens is 492 g/mol. The first-order chi connectivity index (χ1) is 16.7. The molecule has 1 fully saturated rings. The predicted octanol–water partition coefficient (Wildman–Crippen LogP) is 4.83. The molecule has 1 aromatic heterocycles. The highest BCUT2D eigenvalue weighted by molar-refractivity contribution is 7.17. The molecule has 0 bridgehead atoms. The van der Waals surface area contributed by atoms with Crippen molar-refractivity contribution in [3.8, 4) is 5.75 Å². The Morgan fingerprint density at radius 2 is 1.80 bits per heavy atom. The summed E-state index contributed by atoms with van der Waals surface area (Å²) in [4.78, 5) is 44.4. The summed E-state index contributed by atoms with van der Waals surface area (Å²) in [5.41, 5.74) is 1.89. The van der Waals surface area contributed by atoms with Crippen LogP contribution in [-0.4, -0.2) is 42.0 Å². The number of aromatic nitrogens is 1. The number of aliphatic hydroxyl groups is 1. The lowest BCUT2D eigenvalue weighted by molar-refractivity contribution is -0.132. The molecular formula is C25H21ClN2O6S. The molecule has 35 heavy (non-hydrogen) atoms. The monoisotopic (exact) mass is 512 g/mol. The lowest BCUT2D eigenvalue weighted by atomic mass is 9.95. The summed E-state index contributed by atoms with van der Waals surface area (Å²) in [6, 6.07) is 10.5. The van der Waals surface area contributed by atoms with Crippen molar-refractivity contribution in [2.45, 2.75) is 19.9 Å². The van der Waals surface area contributed by atoms with Crippen LogP contribution in [0.3, 0.4) is 0 Å². The molecule has 1 unspecified atom stereocenters. The maximum atomic E-state index is 13.3. The molecule has 2 aromatic carbocycles. The molecule has 1 atom stereocenters. The lowest BCUT2D eigenvalue weighted by Crippen LogP contribution is -2.29. The van der Waals surface area contributed by atoms with Crippen LogP contribution in [0.2, 0.25) is 5.02 Å². The highest BCUT2D eigenvalue weighted by Gasteiger charge is 2.48. The number of hydrogen-bond donors (Lipinski definition) is 1. The summed E-state index contributed by atoms with van der Waals surface area (Å²) in [6.07, 6.45) is 0. The Labute approximate surface area is 210 Å². The molecule has 0 radical (unpaired) electrons. The first-order valence-electron chi connectivity index (χ1n) is 10.4. The number of esters is 1. The highest BCUT2D eigenvalue weighted by atomic mass is 35.5. The Morgan fingerprint density at radius 1 is 1.11 bits per heavy atom. The Morgan fingerprint density at radius 3 is 2.40 bits per heavy atom. The van der Waals surface area contributed by atoms with Crippen LogP contribution in [0.15, 0.2) is 48.0 Å². The number of methoxy groups -OCH3 is 2. The van der Waals surface area contributed by atoms with Crippen molar-refractivity contribution in [1.82, 2.24) is 4.98 Å². The molecule has 3 aromatic rings. The van der Waals surface area contributed by atoms with Gasteiger partial charge < -0.3 is 14.6 Å². The van der Waals surface area contributed by atoms with Gasteiger partial charge in [0.25, 0.3) is 5.78 Å². The molecule has 1 aliphatic rings. The van der Waals surface area contributed by atoms with E-state index in [1.54, 1.807) is 56.3 Å². The number of Topliss-reactive ketones (excluding diaryl/α,β-unsaturated/α-hetero) is 1. The van der Waals surface area contributed by atoms with Crippen LogP contribution >= 0.6 is 22.9 Å². The molecule has 0 saturated carbocycles. The summed E-state index contributed by atoms with van der Waals surface area (Å²) >= 11 is 7.00. The van der Waals surface area contributed by atoms with Gasteiger partial charge in [0.2, 0.25) is 0 Å². The second kappa shape index (κ2) is 9.52. The van der Waals surface area contributed by atoms with E-state index in [1.165, 1.54) is 19.1 Å². The number of anilines is 1. The van der Waals surface area contributed by atoms with Crippen molar-refractivity contribution in [3.05, 3.63) is 80.3 Å². The number of carbonyl (C=O) groups is 3. The summed E-state index contributed by atoms with van der Waals surface area (Å²) in [5, 5.41) is 11.9. The quantitative estimate of drug-likeness (QED) is 0.226. The second-order valence-corrected chi connectivity index (χ2v) is 9.22. The van der Waals surface area contributed by atoms with Crippen LogP contribution in [0, 0.1) is 13.8 Å². The van der Waals surface area contributed by atoms with Crippen molar-refractivity contribution in [2.24, 2.45) is 0 Å². The second-order valence-electron chi connectivity index (χ2n) is 7.81. The van der Waals surface area contributed by atoms with Gasteiger partial charge in [0.05, 0.1) is 31.5 Å². The van der Waals surface area contributed by atoms with Gasteiger partial charge in [-0.2, -0.15) is 0 Å². The number of halogens is 1. The van der Waals surface area contributed by atoms with E-state index in [1.807, 2.05) is 0 Å². The lowest BCUT2D eigenvalue weighted by Gasteiger charge is -2.23. The van der Waals surface area contributed by atoms with E-state index < -0.39 is 23.7 Å². The van der Waals surface area contributed by atoms with E-state index in [0.29, 0.717) is 27.6 Å². The Hall–Kier alpha value is -3.69. The third-order valence-corrected chi connectivity index (χ3v) is 7.05. The minimum absolute atomic E-state index is 0.102. The van der Waals surface area contributed by atoms with Crippen molar-refractivity contribution in [1.29, 1.82) is 0 Å². The summed E-state index contributed by atoms with van der Waals surface area (Å²) in [6.45, 7) is 3.41. The molecule has 2 heterocycles. The number of amides is 1. The number of aliphatic hydroxyl groups excluding tert-OH is 1. The third kappa shape index (κ3) is 4.28. The molecule has 1 amide bonds. The van der Waals surface area contributed by atoms with Gasteiger partial charge in [-0.25, -0.2) is 9.78 Å². The van der Waals surface area contributed by atoms with Crippen LogP contribution < -0.4 is 9.64 Å². The number of ether oxygens (including phenoxy) is 2. The Kier molecular flexibility index (Phi) is 6.64. The molecule has 10 heteroatoms. The van der Waals surface area contributed by atoms with Gasteiger partial charge in [-0.1, -0.05) is 35.1 Å². The van der Waals surface area contributed by atoms with Gasteiger partial charge in [-0.3, -0.25) is 14.5 Å². The minimum Gasteiger partial charge on any atom is -0.507 e. The molecule has 0 spiro atoms. The zero-order valence-electron chi connectivity index (χ0n) is 19.3. The maximum absolute atomic E-state index is 13.3. The molecule has 0 aliphatic carbocycles. The van der Waals surface area contributed by atoms with Crippen molar-refractivity contribution in [3.63, 3.8) is 0 Å². The molecule has 180 valence electrons. The van der Waals surface area contributed by atoms with Crippen molar-refractivity contribution >= 4 is 51.5 Å². The van der Waals surface area contributed by atoms with Gasteiger partial charge in [0.1, 0.15) is 16.4 Å². The largest absolute Gasteiger partial charge is 0.507 e. The zero-order valence-corrected chi connectivity index (χ0v) is 20.9. The van der Waals surface area contributed by atoms with Gasteiger partial charge in [0.15, 0.2) is 5.13 Å². The fourth-order valence-electron chi connectivity index (χ4n) is 3.94. The number of nitrogens with zero attached hydrogens (tertiary/aromatic N) is 2. The number of rotatable bonds is 5. The van der Waals surface area contributed by atoms with Crippen LogP contribution in [0.5, 0.6) is 5.75 Å². The van der Waals surface area contributed by atoms with Crippen LogP contribution in [0.4, 0.5) is 5.13 Å². The number of hydrogen-bond acceptors (Lipinski definition) is 8. The number of thiazole rings is 1. The molecule has 1 N–H and O–H groups in total. The number of ketones is 1. The minimum atomic E-state index is -0.995. The average molecular weight is 513 g/mol. The Bertz CT molecular complexity index is 1380. The fraction of sp³-hybridized carbons (Fsp3) is 0.200. The van der Waals surface area contributed by atoms with E-state index in [0.717, 1.165) is 16.9 Å². The van der Waals surface area contributed by atoms with Crippen LogP contribution in [-0.2, 0) is 14.3 Å². The summed E-state index contributed by atoms with van der Waals surface area (Å²) < 4.78 is 10.1.